The van der Waals surface area contributed by atoms with Crippen LogP contribution in [0.1, 0.15) is 17.0 Å². The fourth-order valence-corrected chi connectivity index (χ4v) is 4.62. The molecular formula is C25H26N4. The lowest BCUT2D eigenvalue weighted by atomic mass is 9.83. The molecule has 29 heavy (non-hydrogen) atoms. The minimum atomic E-state index is 0.269. The minimum absolute atomic E-state index is 0.269. The molecule has 0 radical (unpaired) electrons. The molecule has 2 heterocycles. The van der Waals surface area contributed by atoms with Gasteiger partial charge in [0.2, 0.25) is 5.95 Å². The summed E-state index contributed by atoms with van der Waals surface area (Å²) in [7, 11) is 2.13. The molecule has 3 aromatic carbocycles. The normalized spacial score (nSPS) is 17.2. The SMILES string of the molecule is Cn1c(N2CCNCC2C(c2ccccc2)c2ccccc2)nc2ccccc21. The van der Waals surface area contributed by atoms with Crippen LogP contribution in [0, 0.1) is 0 Å². The Morgan fingerprint density at radius 3 is 2.14 bits per heavy atom. The fraction of sp³-hybridized carbons (Fsp3) is 0.240. The number of aromatic nitrogens is 2. The van der Waals surface area contributed by atoms with Gasteiger partial charge in [-0.2, -0.15) is 0 Å². The number of hydrogen-bond acceptors (Lipinski definition) is 3. The van der Waals surface area contributed by atoms with Gasteiger partial charge >= 0.3 is 0 Å². The molecule has 0 bridgehead atoms. The van der Waals surface area contributed by atoms with Gasteiger partial charge in [0, 0.05) is 32.6 Å². The van der Waals surface area contributed by atoms with Gasteiger partial charge < -0.3 is 14.8 Å². The van der Waals surface area contributed by atoms with Crippen LogP contribution in [0.2, 0.25) is 0 Å². The predicted octanol–water partition coefficient (Wildman–Crippen LogP) is 4.18. The highest BCUT2D eigenvalue weighted by atomic mass is 15.3. The van der Waals surface area contributed by atoms with Crippen molar-refractivity contribution in [3.05, 3.63) is 96.1 Å². The lowest BCUT2D eigenvalue weighted by Crippen LogP contribution is -2.55. The van der Waals surface area contributed by atoms with Crippen molar-refractivity contribution in [1.82, 2.24) is 14.9 Å². The van der Waals surface area contributed by atoms with E-state index in [4.69, 9.17) is 4.98 Å². The van der Waals surface area contributed by atoms with Crippen molar-refractivity contribution in [2.24, 2.45) is 7.05 Å². The van der Waals surface area contributed by atoms with Crippen molar-refractivity contribution in [3.8, 4) is 0 Å². The Morgan fingerprint density at radius 2 is 1.48 bits per heavy atom. The summed E-state index contributed by atoms with van der Waals surface area (Å²) in [6.07, 6.45) is 0. The summed E-state index contributed by atoms with van der Waals surface area (Å²) in [6.45, 7) is 2.84. The van der Waals surface area contributed by atoms with Gasteiger partial charge in [0.15, 0.2) is 0 Å². The van der Waals surface area contributed by atoms with E-state index in [-0.39, 0.29) is 12.0 Å². The van der Waals surface area contributed by atoms with Gasteiger partial charge in [-0.3, -0.25) is 0 Å². The smallest absolute Gasteiger partial charge is 0.206 e. The van der Waals surface area contributed by atoms with E-state index in [0.29, 0.717) is 0 Å². The number of aryl methyl sites for hydroxylation is 1. The van der Waals surface area contributed by atoms with E-state index in [0.717, 1.165) is 31.1 Å². The topological polar surface area (TPSA) is 33.1 Å². The maximum Gasteiger partial charge on any atom is 0.206 e. The number of imidazole rings is 1. The minimum Gasteiger partial charge on any atom is -0.336 e. The van der Waals surface area contributed by atoms with Crippen molar-refractivity contribution in [1.29, 1.82) is 0 Å². The average molecular weight is 383 g/mol. The first-order valence-corrected chi connectivity index (χ1v) is 10.3. The van der Waals surface area contributed by atoms with Crippen LogP contribution in [-0.2, 0) is 7.05 Å². The van der Waals surface area contributed by atoms with E-state index in [2.05, 4.69) is 107 Å². The maximum absolute atomic E-state index is 5.02. The van der Waals surface area contributed by atoms with E-state index < -0.39 is 0 Å². The number of rotatable bonds is 4. The Bertz CT molecular complexity index is 1050. The van der Waals surface area contributed by atoms with Crippen LogP contribution in [0.15, 0.2) is 84.9 Å². The monoisotopic (exact) mass is 382 g/mol. The van der Waals surface area contributed by atoms with Gasteiger partial charge in [0.1, 0.15) is 0 Å². The standard InChI is InChI=1S/C25H26N4/c1-28-22-15-9-8-14-21(22)27-25(28)29-17-16-26-18-23(29)24(19-10-4-2-5-11-19)20-12-6-3-7-13-20/h2-15,23-24,26H,16-18H2,1H3. The number of nitrogens with one attached hydrogen (secondary N) is 1. The molecule has 5 rings (SSSR count). The Balaban J connectivity index is 1.62. The molecule has 1 aromatic heterocycles. The van der Waals surface area contributed by atoms with E-state index in [1.807, 2.05) is 0 Å². The van der Waals surface area contributed by atoms with Gasteiger partial charge in [0.05, 0.1) is 17.1 Å². The summed E-state index contributed by atoms with van der Waals surface area (Å²) in [6, 6.07) is 30.4. The molecule has 0 aliphatic carbocycles. The van der Waals surface area contributed by atoms with Crippen molar-refractivity contribution in [2.75, 3.05) is 24.5 Å². The quantitative estimate of drug-likeness (QED) is 0.575. The van der Waals surface area contributed by atoms with Gasteiger partial charge in [-0.1, -0.05) is 72.8 Å². The molecule has 0 saturated carbocycles. The predicted molar refractivity (Wildman–Crippen MR) is 119 cm³/mol. The zero-order valence-corrected chi connectivity index (χ0v) is 16.7. The zero-order valence-electron chi connectivity index (χ0n) is 16.7. The molecule has 1 aliphatic heterocycles. The molecule has 4 heteroatoms. The van der Waals surface area contributed by atoms with E-state index in [9.17, 15) is 0 Å². The summed E-state index contributed by atoms with van der Waals surface area (Å²) in [5.74, 6) is 1.32. The van der Waals surface area contributed by atoms with E-state index in [1.165, 1.54) is 16.6 Å². The maximum atomic E-state index is 5.02. The largest absolute Gasteiger partial charge is 0.336 e. The number of fused-ring (bicyclic) bond motifs is 1. The van der Waals surface area contributed by atoms with E-state index >= 15 is 0 Å². The summed E-state index contributed by atoms with van der Waals surface area (Å²) >= 11 is 0. The van der Waals surface area contributed by atoms with Crippen LogP contribution in [0.5, 0.6) is 0 Å². The molecular weight excluding hydrogens is 356 g/mol. The van der Waals surface area contributed by atoms with Crippen LogP contribution in [0.25, 0.3) is 11.0 Å². The summed E-state index contributed by atoms with van der Waals surface area (Å²) in [5, 5.41) is 3.63. The summed E-state index contributed by atoms with van der Waals surface area (Å²) in [4.78, 5) is 7.52. The third-order valence-corrected chi connectivity index (χ3v) is 6.01. The highest BCUT2D eigenvalue weighted by Gasteiger charge is 2.34. The third-order valence-electron chi connectivity index (χ3n) is 6.01. The van der Waals surface area contributed by atoms with Gasteiger partial charge in [-0.05, 0) is 23.3 Å². The number of benzene rings is 3. The van der Waals surface area contributed by atoms with Crippen LogP contribution in [-0.4, -0.2) is 35.2 Å². The molecule has 0 amide bonds. The van der Waals surface area contributed by atoms with Gasteiger partial charge in [-0.25, -0.2) is 4.98 Å². The highest BCUT2D eigenvalue weighted by Crippen LogP contribution is 2.34. The average Bonchev–Trinajstić information content (AvgIpc) is 3.12. The third kappa shape index (κ3) is 3.30. The first-order chi connectivity index (χ1) is 14.3. The molecule has 1 unspecified atom stereocenters. The van der Waals surface area contributed by atoms with Crippen molar-refractivity contribution >= 4 is 17.0 Å². The fourth-order valence-electron chi connectivity index (χ4n) is 4.62. The van der Waals surface area contributed by atoms with Crippen LogP contribution >= 0.6 is 0 Å². The number of piperazine rings is 1. The van der Waals surface area contributed by atoms with Crippen molar-refractivity contribution < 1.29 is 0 Å². The number of nitrogens with zero attached hydrogens (tertiary/aromatic N) is 3. The molecule has 1 N–H and O–H groups in total. The van der Waals surface area contributed by atoms with Crippen molar-refractivity contribution in [3.63, 3.8) is 0 Å². The molecule has 4 nitrogen and oxygen atoms in total. The Labute approximate surface area is 171 Å². The Hall–Kier alpha value is -3.11. The molecule has 1 atom stereocenters. The molecule has 146 valence electrons. The van der Waals surface area contributed by atoms with Gasteiger partial charge in [0.25, 0.3) is 0 Å². The second-order valence-corrected chi connectivity index (χ2v) is 7.72. The lowest BCUT2D eigenvalue weighted by molar-refractivity contribution is 0.434. The first kappa shape index (κ1) is 18.0. The molecule has 1 aliphatic rings. The molecule has 1 saturated heterocycles. The van der Waals surface area contributed by atoms with Crippen LogP contribution in [0.3, 0.4) is 0 Å². The Kier molecular flexibility index (Phi) is 4.78. The number of anilines is 1. The second-order valence-electron chi connectivity index (χ2n) is 7.72. The highest BCUT2D eigenvalue weighted by molar-refractivity contribution is 5.78. The molecule has 4 aromatic rings. The first-order valence-electron chi connectivity index (χ1n) is 10.3. The molecule has 0 spiro atoms. The summed E-state index contributed by atoms with van der Waals surface area (Å²) < 4.78 is 2.24. The van der Waals surface area contributed by atoms with Crippen LogP contribution < -0.4 is 10.2 Å². The zero-order chi connectivity index (χ0) is 19.6. The molecule has 1 fully saturated rings. The van der Waals surface area contributed by atoms with Gasteiger partial charge in [-0.15, -0.1) is 0 Å². The number of hydrogen-bond donors (Lipinski definition) is 1. The lowest BCUT2D eigenvalue weighted by Gasteiger charge is -2.41. The van der Waals surface area contributed by atoms with E-state index in [1.54, 1.807) is 0 Å². The Morgan fingerprint density at radius 1 is 0.862 bits per heavy atom. The van der Waals surface area contributed by atoms with Crippen LogP contribution in [0.4, 0.5) is 5.95 Å². The number of para-hydroxylation sites is 2. The summed E-state index contributed by atoms with van der Waals surface area (Å²) in [5.41, 5.74) is 4.92. The second kappa shape index (κ2) is 7.72. The van der Waals surface area contributed by atoms with Crippen molar-refractivity contribution in [2.45, 2.75) is 12.0 Å².